The van der Waals surface area contributed by atoms with Crippen molar-refractivity contribution in [2.24, 2.45) is 0 Å². The van der Waals surface area contributed by atoms with Crippen molar-refractivity contribution in [2.45, 2.75) is 17.1 Å². The number of nitrogens with one attached hydrogen (secondary N) is 2. The minimum Gasteiger partial charge on any atom is -0.324 e. The van der Waals surface area contributed by atoms with E-state index in [2.05, 4.69) is 10.6 Å². The molecule has 7 heteroatoms. The molecule has 0 aromatic heterocycles. The van der Waals surface area contributed by atoms with E-state index in [4.69, 9.17) is 23.2 Å². The summed E-state index contributed by atoms with van der Waals surface area (Å²) in [5.41, 5.74) is 1.80. The number of carbonyl (C=O) groups excluding carboxylic acids is 2. The molecular formula is C26H20Cl2N2O2S. The van der Waals surface area contributed by atoms with Crippen LogP contribution in [0.5, 0.6) is 0 Å². The van der Waals surface area contributed by atoms with Crippen molar-refractivity contribution in [1.82, 2.24) is 0 Å². The van der Waals surface area contributed by atoms with Crippen molar-refractivity contribution in [3.05, 3.63) is 101 Å². The first-order valence-corrected chi connectivity index (χ1v) is 11.9. The van der Waals surface area contributed by atoms with Gasteiger partial charge in [0.2, 0.25) is 5.91 Å². The Morgan fingerprint density at radius 3 is 2.27 bits per heavy atom. The third kappa shape index (κ3) is 5.88. The fourth-order valence-electron chi connectivity index (χ4n) is 3.23. The highest BCUT2D eigenvalue weighted by atomic mass is 35.5. The van der Waals surface area contributed by atoms with Crippen LogP contribution >= 0.6 is 35.0 Å². The van der Waals surface area contributed by atoms with Gasteiger partial charge in [-0.15, -0.1) is 11.8 Å². The average Bonchev–Trinajstić information content (AvgIpc) is 2.81. The minimum absolute atomic E-state index is 0.169. The van der Waals surface area contributed by atoms with Gasteiger partial charge < -0.3 is 10.6 Å². The lowest BCUT2D eigenvalue weighted by molar-refractivity contribution is -0.115. The lowest BCUT2D eigenvalue weighted by atomic mass is 10.1. The molecule has 0 saturated heterocycles. The summed E-state index contributed by atoms with van der Waals surface area (Å²) in [7, 11) is 0. The Balaban J connectivity index is 1.36. The largest absolute Gasteiger partial charge is 0.324 e. The highest BCUT2D eigenvalue weighted by Gasteiger charge is 2.16. The van der Waals surface area contributed by atoms with Gasteiger partial charge in [0, 0.05) is 21.2 Å². The molecule has 0 radical (unpaired) electrons. The van der Waals surface area contributed by atoms with Gasteiger partial charge in [-0.3, -0.25) is 9.59 Å². The van der Waals surface area contributed by atoms with Gasteiger partial charge in [0.05, 0.1) is 16.0 Å². The molecule has 0 aliphatic carbocycles. The fraction of sp³-hybridized carbons (Fsp3) is 0.0769. The lowest BCUT2D eigenvalue weighted by Crippen LogP contribution is -2.22. The third-order valence-electron chi connectivity index (χ3n) is 4.99. The van der Waals surface area contributed by atoms with Crippen molar-refractivity contribution >= 4 is 68.9 Å². The van der Waals surface area contributed by atoms with Gasteiger partial charge in [-0.05, 0) is 72.3 Å². The molecule has 33 heavy (non-hydrogen) atoms. The Morgan fingerprint density at radius 2 is 1.55 bits per heavy atom. The van der Waals surface area contributed by atoms with Crippen molar-refractivity contribution in [1.29, 1.82) is 0 Å². The monoisotopic (exact) mass is 494 g/mol. The van der Waals surface area contributed by atoms with Gasteiger partial charge in [-0.2, -0.15) is 0 Å². The Morgan fingerprint density at radius 1 is 0.818 bits per heavy atom. The highest BCUT2D eigenvalue weighted by molar-refractivity contribution is 8.00. The van der Waals surface area contributed by atoms with Gasteiger partial charge in [0.1, 0.15) is 0 Å². The summed E-state index contributed by atoms with van der Waals surface area (Å²) < 4.78 is 0. The molecule has 2 amide bonds. The van der Waals surface area contributed by atoms with Crippen LogP contribution < -0.4 is 10.6 Å². The van der Waals surface area contributed by atoms with E-state index < -0.39 is 0 Å². The second-order valence-corrected chi connectivity index (χ2v) is 9.67. The molecule has 166 valence electrons. The number of carbonyl (C=O) groups is 2. The molecule has 0 saturated carbocycles. The quantitative estimate of drug-likeness (QED) is 0.272. The highest BCUT2D eigenvalue weighted by Crippen LogP contribution is 2.29. The number of anilines is 2. The summed E-state index contributed by atoms with van der Waals surface area (Å²) in [5.74, 6) is -0.341. The summed E-state index contributed by atoms with van der Waals surface area (Å²) in [5, 5.41) is 8.39. The molecule has 4 aromatic rings. The zero-order valence-corrected chi connectivity index (χ0v) is 20.0. The molecule has 0 aliphatic heterocycles. The fourth-order valence-corrected chi connectivity index (χ4v) is 4.56. The predicted molar refractivity (Wildman–Crippen MR) is 139 cm³/mol. The Hall–Kier alpha value is -2.99. The number of benzene rings is 4. The number of amides is 2. The molecule has 0 aliphatic rings. The molecule has 2 N–H and O–H groups in total. The van der Waals surface area contributed by atoms with E-state index in [1.165, 1.54) is 11.8 Å². The van der Waals surface area contributed by atoms with Crippen molar-refractivity contribution in [3.63, 3.8) is 0 Å². The van der Waals surface area contributed by atoms with Crippen molar-refractivity contribution < 1.29 is 9.59 Å². The molecule has 1 atom stereocenters. The number of fused-ring (bicyclic) bond motifs is 1. The smallest absolute Gasteiger partial charge is 0.255 e. The first-order valence-electron chi connectivity index (χ1n) is 10.2. The van der Waals surface area contributed by atoms with E-state index in [-0.39, 0.29) is 17.1 Å². The zero-order chi connectivity index (χ0) is 23.4. The van der Waals surface area contributed by atoms with Crippen LogP contribution in [0.1, 0.15) is 17.3 Å². The van der Waals surface area contributed by atoms with Crippen LogP contribution in [0.15, 0.2) is 89.8 Å². The maximum atomic E-state index is 12.6. The van der Waals surface area contributed by atoms with Crippen molar-refractivity contribution in [3.8, 4) is 0 Å². The summed E-state index contributed by atoms with van der Waals surface area (Å²) in [6.07, 6.45) is 0. The lowest BCUT2D eigenvalue weighted by Gasteiger charge is -2.13. The number of thioether (sulfide) groups is 1. The van der Waals surface area contributed by atoms with Gasteiger partial charge in [0.25, 0.3) is 5.91 Å². The molecule has 1 unspecified atom stereocenters. The average molecular weight is 495 g/mol. The molecule has 4 nitrogen and oxygen atoms in total. The molecular weight excluding hydrogens is 475 g/mol. The molecule has 0 spiro atoms. The minimum atomic E-state index is -0.352. The van der Waals surface area contributed by atoms with E-state index in [9.17, 15) is 9.59 Å². The van der Waals surface area contributed by atoms with Crippen LogP contribution in [-0.2, 0) is 4.79 Å². The number of rotatable bonds is 6. The standard InChI is InChI=1S/C26H20Cl2N2O2S/c1-16(25(31)30-24-13-8-20(27)15-23(24)28)33-22-11-9-21(10-12-22)29-26(32)19-7-6-17-4-2-3-5-18(17)14-19/h2-16H,1H3,(H,29,32)(H,30,31). The Kier molecular flexibility index (Phi) is 7.23. The summed E-state index contributed by atoms with van der Waals surface area (Å²) in [4.78, 5) is 26.1. The van der Waals surface area contributed by atoms with Crippen LogP contribution in [-0.4, -0.2) is 17.1 Å². The SMILES string of the molecule is CC(Sc1ccc(NC(=O)c2ccc3ccccc3c2)cc1)C(=O)Nc1ccc(Cl)cc1Cl. The predicted octanol–water partition coefficient (Wildman–Crippen LogP) is 7.52. The van der Waals surface area contributed by atoms with Crippen LogP contribution in [0.3, 0.4) is 0 Å². The van der Waals surface area contributed by atoms with E-state index in [1.807, 2.05) is 73.7 Å². The normalized spacial score (nSPS) is 11.7. The third-order valence-corrected chi connectivity index (χ3v) is 6.65. The number of hydrogen-bond donors (Lipinski definition) is 2. The first kappa shape index (κ1) is 23.2. The molecule has 0 fully saturated rings. The maximum absolute atomic E-state index is 12.6. The number of halogens is 2. The van der Waals surface area contributed by atoms with E-state index in [0.717, 1.165) is 15.7 Å². The molecule has 4 rings (SSSR count). The molecule has 4 aromatic carbocycles. The van der Waals surface area contributed by atoms with Gasteiger partial charge >= 0.3 is 0 Å². The van der Waals surface area contributed by atoms with Crippen LogP contribution in [0.4, 0.5) is 11.4 Å². The first-order chi connectivity index (χ1) is 15.9. The second kappa shape index (κ2) is 10.3. The number of hydrogen-bond acceptors (Lipinski definition) is 3. The Labute approximate surface area is 206 Å². The van der Waals surface area contributed by atoms with Crippen LogP contribution in [0.2, 0.25) is 10.0 Å². The van der Waals surface area contributed by atoms with Gasteiger partial charge in [-0.1, -0.05) is 53.5 Å². The molecule has 0 bridgehead atoms. The topological polar surface area (TPSA) is 58.2 Å². The summed E-state index contributed by atoms with van der Waals surface area (Å²) in [6, 6.07) is 25.9. The van der Waals surface area contributed by atoms with E-state index in [0.29, 0.717) is 27.0 Å². The van der Waals surface area contributed by atoms with Gasteiger partial charge in [0.15, 0.2) is 0 Å². The van der Waals surface area contributed by atoms with Crippen LogP contribution in [0, 0.1) is 0 Å². The maximum Gasteiger partial charge on any atom is 0.255 e. The van der Waals surface area contributed by atoms with E-state index >= 15 is 0 Å². The Bertz CT molecular complexity index is 1330. The summed E-state index contributed by atoms with van der Waals surface area (Å²) in [6.45, 7) is 1.82. The van der Waals surface area contributed by atoms with Crippen LogP contribution in [0.25, 0.3) is 10.8 Å². The molecule has 0 heterocycles. The van der Waals surface area contributed by atoms with Gasteiger partial charge in [-0.25, -0.2) is 0 Å². The van der Waals surface area contributed by atoms with Crippen molar-refractivity contribution in [2.75, 3.05) is 10.6 Å². The summed E-state index contributed by atoms with van der Waals surface area (Å²) >= 11 is 13.4. The second-order valence-electron chi connectivity index (χ2n) is 7.41. The van der Waals surface area contributed by atoms with E-state index in [1.54, 1.807) is 18.2 Å². The zero-order valence-electron chi connectivity index (χ0n) is 17.6.